The summed E-state index contributed by atoms with van der Waals surface area (Å²) in [5, 5.41) is 10.1. The molecule has 3 aromatic carbocycles. The largest absolute Gasteiger partial charge is 0.494 e. The molecule has 1 saturated heterocycles. The number of ketones is 1. The Labute approximate surface area is 433 Å². The Bertz CT molecular complexity index is 2570. The van der Waals surface area contributed by atoms with E-state index < -0.39 is 17.4 Å². The van der Waals surface area contributed by atoms with Gasteiger partial charge >= 0.3 is 0 Å². The Morgan fingerprint density at radius 2 is 1.54 bits per heavy atom. The number of benzene rings is 3. The summed E-state index contributed by atoms with van der Waals surface area (Å²) in [5.74, 6) is 2.27. The van der Waals surface area contributed by atoms with Crippen molar-refractivity contribution in [3.05, 3.63) is 98.2 Å². The van der Waals surface area contributed by atoms with Crippen LogP contribution in [0.15, 0.2) is 70.5 Å². The van der Waals surface area contributed by atoms with Gasteiger partial charge in [-0.3, -0.25) is 14.4 Å². The van der Waals surface area contributed by atoms with Crippen molar-refractivity contribution in [3.63, 3.8) is 0 Å². The third kappa shape index (κ3) is 13.9. The highest BCUT2D eigenvalue weighted by Crippen LogP contribution is 2.42. The summed E-state index contributed by atoms with van der Waals surface area (Å²) in [7, 11) is 3.38. The van der Waals surface area contributed by atoms with E-state index in [1.807, 2.05) is 48.2 Å². The molecule has 13 nitrogen and oxygen atoms in total. The van der Waals surface area contributed by atoms with E-state index in [-0.39, 0.29) is 29.7 Å². The second-order valence-corrected chi connectivity index (χ2v) is 21.4. The third-order valence-electron chi connectivity index (χ3n) is 14.6. The van der Waals surface area contributed by atoms with Crippen LogP contribution >= 0.6 is 27.3 Å². The molecule has 7 rings (SSSR count). The van der Waals surface area contributed by atoms with Crippen LogP contribution in [0.3, 0.4) is 0 Å². The zero-order chi connectivity index (χ0) is 50.3. The number of carbonyl (C=O) groups is 3. The Morgan fingerprint density at radius 1 is 0.845 bits per heavy atom. The van der Waals surface area contributed by atoms with Crippen LogP contribution in [0.25, 0.3) is 10.9 Å². The molecular weight excluding hydrogens is 979 g/mol. The van der Waals surface area contributed by atoms with Gasteiger partial charge in [0.25, 0.3) is 0 Å². The van der Waals surface area contributed by atoms with Gasteiger partial charge in [0, 0.05) is 33.4 Å². The fourth-order valence-corrected chi connectivity index (χ4v) is 11.8. The number of primary amides is 1. The van der Waals surface area contributed by atoms with E-state index in [1.165, 1.54) is 49.9 Å². The average Bonchev–Trinajstić information content (AvgIpc) is 4.07. The van der Waals surface area contributed by atoms with Crippen LogP contribution in [0.1, 0.15) is 168 Å². The monoisotopic (exact) mass is 1050 g/mol. The summed E-state index contributed by atoms with van der Waals surface area (Å²) in [6.07, 6.45) is 18.0. The maximum atomic E-state index is 14.5. The molecule has 5 aromatic rings. The second kappa shape index (κ2) is 26.0. The molecule has 0 spiro atoms. The number of rotatable bonds is 27. The number of amides is 2. The number of anilines is 1. The number of carbonyl (C=O) groups excluding carboxylic acids is 3. The Hall–Kier alpha value is -5.12. The molecule has 3 heterocycles. The van der Waals surface area contributed by atoms with Crippen molar-refractivity contribution in [2.75, 3.05) is 39.2 Å². The number of likely N-dealkylation sites (tertiary alicyclic amines) is 1. The van der Waals surface area contributed by atoms with Crippen molar-refractivity contribution < 1.29 is 28.6 Å². The van der Waals surface area contributed by atoms with Crippen LogP contribution in [-0.4, -0.2) is 76.9 Å². The lowest BCUT2D eigenvalue weighted by Gasteiger charge is -2.42. The van der Waals surface area contributed by atoms with Crippen LogP contribution in [-0.2, 0) is 9.59 Å². The molecule has 2 aliphatic rings. The van der Waals surface area contributed by atoms with E-state index in [1.54, 1.807) is 38.6 Å². The van der Waals surface area contributed by atoms with Gasteiger partial charge < -0.3 is 35.5 Å². The first kappa shape index (κ1) is 53.7. The number of unbranched alkanes of at least 4 members (excludes halogenated alkanes) is 9. The molecule has 4 atom stereocenters. The molecule has 382 valence electrons. The van der Waals surface area contributed by atoms with Gasteiger partial charge in [-0.1, -0.05) is 111 Å². The highest BCUT2D eigenvalue weighted by atomic mass is 79.9. The number of ether oxygens (including phenoxy) is 3. The molecule has 2 fully saturated rings. The summed E-state index contributed by atoms with van der Waals surface area (Å²) in [4.78, 5) is 57.2. The molecule has 1 saturated carbocycles. The van der Waals surface area contributed by atoms with Crippen molar-refractivity contribution in [1.29, 1.82) is 0 Å². The van der Waals surface area contributed by atoms with Gasteiger partial charge in [0.1, 0.15) is 33.6 Å². The van der Waals surface area contributed by atoms with Gasteiger partial charge in [-0.15, -0.1) is 11.3 Å². The first-order valence-corrected chi connectivity index (χ1v) is 27.6. The number of hydrogen-bond acceptors (Lipinski definition) is 12. The fourth-order valence-electron chi connectivity index (χ4n) is 10.4. The maximum absolute atomic E-state index is 14.5. The summed E-state index contributed by atoms with van der Waals surface area (Å²) in [5.41, 5.74) is 7.66. The molecule has 2 aromatic heterocycles. The zero-order valence-corrected chi connectivity index (χ0v) is 44.8. The Balaban J connectivity index is 0.778. The number of nitrogens with two attached hydrogens (primary N) is 1. The second-order valence-electron chi connectivity index (χ2n) is 19.6. The molecule has 15 heteroatoms. The normalized spacial score (nSPS) is 16.9. The van der Waals surface area contributed by atoms with Crippen LogP contribution < -0.4 is 30.6 Å². The highest BCUT2D eigenvalue weighted by Gasteiger charge is 2.50. The summed E-state index contributed by atoms with van der Waals surface area (Å²) >= 11 is 4.99. The zero-order valence-electron chi connectivity index (χ0n) is 42.4. The molecule has 1 aliphatic carbocycles. The molecule has 71 heavy (non-hydrogen) atoms. The summed E-state index contributed by atoms with van der Waals surface area (Å²) < 4.78 is 19.1. The van der Waals surface area contributed by atoms with Gasteiger partial charge in [0.2, 0.25) is 17.6 Å². The number of methoxy groups -OCH3 is 1. The quantitative estimate of drug-likeness (QED) is 0.0338. The van der Waals surface area contributed by atoms with Gasteiger partial charge in [-0.05, 0) is 108 Å². The number of nitrogens with one attached hydrogen (secondary N) is 2. The predicted molar refractivity (Wildman–Crippen MR) is 287 cm³/mol. The van der Waals surface area contributed by atoms with E-state index in [0.717, 1.165) is 102 Å². The average molecular weight is 1050 g/mol. The molecule has 2 amide bonds. The lowest BCUT2D eigenvalue weighted by atomic mass is 9.69. The van der Waals surface area contributed by atoms with E-state index in [2.05, 4.69) is 45.6 Å². The number of hydrogen-bond donors (Lipinski definition) is 3. The van der Waals surface area contributed by atoms with Crippen LogP contribution in [0.4, 0.5) is 5.82 Å². The first-order valence-electron chi connectivity index (χ1n) is 25.9. The SMILES string of the molecule is CNC(C)(C(N)=O)[C@@H](C(=O)N1CCC[C@H]1c1nc(C(=O)c2cccc(OCCCCCCCCCCCCOc3cc4nc(C)nc(N[C@H](C)c5cccc(Br)c5)c4cc3OC)c2)cs1)C1CCCCC1. The standard InChI is InChI=1S/C56H74BrN7O6S/c1-37(40-24-19-26-42(57)32-40)60-52-44-34-48(68-5)49(35-45(44)61-38(2)62-52)70-31-18-13-11-9-7-6-8-10-12-17-30-69-43-27-20-25-41(33-43)51(65)46-36-71-53(63-46)47-28-21-29-64(47)54(66)50(39-22-15-14-16-23-39)56(3,59-4)55(58)67/h19-20,24-27,32-37,39,47,50,59H,6-18,21-23,28-31H2,1-5H3,(H2,58,67)(H,60,61,62)/t37-,47+,50-,56?/m1/s1. The third-order valence-corrected chi connectivity index (χ3v) is 16.0. The van der Waals surface area contributed by atoms with Gasteiger partial charge in [-0.25, -0.2) is 15.0 Å². The fraction of sp³-hybridized carbons (Fsp3) is 0.536. The van der Waals surface area contributed by atoms with Crippen molar-refractivity contribution in [3.8, 4) is 17.2 Å². The van der Waals surface area contributed by atoms with Crippen molar-refractivity contribution in [2.45, 2.75) is 148 Å². The van der Waals surface area contributed by atoms with Crippen LogP contribution in [0.5, 0.6) is 17.2 Å². The topological polar surface area (TPSA) is 171 Å². The number of halogens is 1. The van der Waals surface area contributed by atoms with E-state index in [9.17, 15) is 14.4 Å². The number of nitrogens with zero attached hydrogens (tertiary/aromatic N) is 4. The number of fused-ring (bicyclic) bond motifs is 1. The first-order chi connectivity index (χ1) is 34.4. The number of aryl methyl sites for hydroxylation is 1. The minimum atomic E-state index is -1.16. The van der Waals surface area contributed by atoms with Crippen molar-refractivity contribution >= 4 is 61.6 Å². The smallest absolute Gasteiger partial charge is 0.238 e. The number of aromatic nitrogens is 3. The minimum Gasteiger partial charge on any atom is -0.494 e. The molecule has 0 bridgehead atoms. The predicted octanol–water partition coefficient (Wildman–Crippen LogP) is 12.3. The highest BCUT2D eigenvalue weighted by molar-refractivity contribution is 9.10. The molecular formula is C56H74BrN7O6S. The maximum Gasteiger partial charge on any atom is 0.238 e. The number of likely N-dealkylation sites (N-methyl/N-ethyl adjacent to an activating group) is 1. The summed E-state index contributed by atoms with van der Waals surface area (Å²) in [6.45, 7) is 7.60. The minimum absolute atomic E-state index is 0.0414. The van der Waals surface area contributed by atoms with Gasteiger partial charge in [0.15, 0.2) is 11.5 Å². The molecule has 1 aliphatic heterocycles. The lowest BCUT2D eigenvalue weighted by Crippen LogP contribution is -2.63. The summed E-state index contributed by atoms with van der Waals surface area (Å²) in [6, 6.07) is 19.3. The van der Waals surface area contributed by atoms with Gasteiger partial charge in [0.05, 0.1) is 43.8 Å². The van der Waals surface area contributed by atoms with Crippen molar-refractivity contribution in [2.24, 2.45) is 17.6 Å². The van der Waals surface area contributed by atoms with Crippen LogP contribution in [0.2, 0.25) is 0 Å². The van der Waals surface area contributed by atoms with Crippen molar-refractivity contribution in [1.82, 2.24) is 25.2 Å². The molecule has 0 radical (unpaired) electrons. The van der Waals surface area contributed by atoms with Crippen LogP contribution in [0, 0.1) is 18.8 Å². The van der Waals surface area contributed by atoms with E-state index in [0.29, 0.717) is 54.1 Å². The number of thiazole rings is 1. The molecule has 1 unspecified atom stereocenters. The lowest BCUT2D eigenvalue weighted by molar-refractivity contribution is -0.147. The van der Waals surface area contributed by atoms with E-state index >= 15 is 0 Å². The Kier molecular flexibility index (Phi) is 19.7. The van der Waals surface area contributed by atoms with E-state index in [4.69, 9.17) is 34.9 Å². The Morgan fingerprint density at radius 3 is 2.21 bits per heavy atom. The van der Waals surface area contributed by atoms with Gasteiger partial charge in [-0.2, -0.15) is 0 Å². The molecule has 4 N–H and O–H groups in total.